The molecule has 1 aromatic carbocycles. The van der Waals surface area contributed by atoms with Crippen molar-refractivity contribution in [3.8, 4) is 0 Å². The highest BCUT2D eigenvalue weighted by Crippen LogP contribution is 2.10. The molecule has 1 rings (SSSR count). The summed E-state index contributed by atoms with van der Waals surface area (Å²) in [5.41, 5.74) is 1.35. The van der Waals surface area contributed by atoms with E-state index in [2.05, 4.69) is 20.3 Å². The molecular formula is C14H21N3O2S. The molecule has 0 bridgehead atoms. The summed E-state index contributed by atoms with van der Waals surface area (Å²) in [7, 11) is 5.44. The number of esters is 1. The normalized spacial score (nSPS) is 10.2. The smallest absolute Gasteiger partial charge is 0.337 e. The van der Waals surface area contributed by atoms with Gasteiger partial charge in [0.1, 0.15) is 0 Å². The third-order valence-electron chi connectivity index (χ3n) is 2.63. The van der Waals surface area contributed by atoms with Crippen LogP contribution in [0.2, 0.25) is 0 Å². The van der Waals surface area contributed by atoms with Crippen LogP contribution in [0.15, 0.2) is 24.3 Å². The molecule has 0 aliphatic rings. The van der Waals surface area contributed by atoms with Crippen LogP contribution in [0.1, 0.15) is 16.8 Å². The molecule has 0 saturated heterocycles. The van der Waals surface area contributed by atoms with E-state index in [1.54, 1.807) is 24.3 Å². The third-order valence-corrected chi connectivity index (χ3v) is 2.88. The number of thiocarbonyl (C=S) groups is 1. The topological polar surface area (TPSA) is 53.6 Å². The fourth-order valence-corrected chi connectivity index (χ4v) is 1.80. The maximum atomic E-state index is 11.3. The van der Waals surface area contributed by atoms with Crippen molar-refractivity contribution in [2.45, 2.75) is 6.42 Å². The first-order valence-corrected chi connectivity index (χ1v) is 6.81. The monoisotopic (exact) mass is 295 g/mol. The Morgan fingerprint density at radius 2 is 1.95 bits per heavy atom. The average Bonchev–Trinajstić information content (AvgIpc) is 2.43. The molecule has 5 nitrogen and oxygen atoms in total. The first-order valence-electron chi connectivity index (χ1n) is 6.41. The molecule has 6 heteroatoms. The zero-order valence-electron chi connectivity index (χ0n) is 12.1. The van der Waals surface area contributed by atoms with Gasteiger partial charge in [0, 0.05) is 12.2 Å². The Bertz CT molecular complexity index is 446. The van der Waals surface area contributed by atoms with E-state index in [1.165, 1.54) is 7.11 Å². The fraction of sp³-hybridized carbons (Fsp3) is 0.429. The molecule has 110 valence electrons. The molecule has 2 N–H and O–H groups in total. The van der Waals surface area contributed by atoms with Crippen molar-refractivity contribution in [1.82, 2.24) is 10.2 Å². The lowest BCUT2D eigenvalue weighted by Crippen LogP contribution is -2.30. The van der Waals surface area contributed by atoms with Gasteiger partial charge in [-0.2, -0.15) is 0 Å². The Kier molecular flexibility index (Phi) is 6.97. The molecule has 1 aromatic rings. The van der Waals surface area contributed by atoms with Crippen molar-refractivity contribution in [2.24, 2.45) is 0 Å². The van der Waals surface area contributed by atoms with Gasteiger partial charge in [-0.3, -0.25) is 0 Å². The van der Waals surface area contributed by atoms with Crippen molar-refractivity contribution in [2.75, 3.05) is 39.6 Å². The minimum absolute atomic E-state index is 0.346. The van der Waals surface area contributed by atoms with Crippen molar-refractivity contribution >= 4 is 29.0 Å². The van der Waals surface area contributed by atoms with Crippen molar-refractivity contribution < 1.29 is 9.53 Å². The largest absolute Gasteiger partial charge is 0.465 e. The molecule has 20 heavy (non-hydrogen) atoms. The quantitative estimate of drug-likeness (QED) is 0.473. The lowest BCUT2D eigenvalue weighted by Gasteiger charge is -2.12. The van der Waals surface area contributed by atoms with Crippen molar-refractivity contribution in [1.29, 1.82) is 0 Å². The van der Waals surface area contributed by atoms with Gasteiger partial charge >= 0.3 is 5.97 Å². The van der Waals surface area contributed by atoms with E-state index in [0.717, 1.165) is 25.2 Å². The second kappa shape index (κ2) is 8.50. The van der Waals surface area contributed by atoms with Gasteiger partial charge in [-0.05, 0) is 63.5 Å². The van der Waals surface area contributed by atoms with E-state index in [9.17, 15) is 4.79 Å². The van der Waals surface area contributed by atoms with Crippen LogP contribution < -0.4 is 10.6 Å². The van der Waals surface area contributed by atoms with Crippen molar-refractivity contribution in [3.63, 3.8) is 0 Å². The molecule has 0 spiro atoms. The van der Waals surface area contributed by atoms with Crippen molar-refractivity contribution in [3.05, 3.63) is 29.8 Å². The standard InChI is InChI=1S/C14H21N3O2S/c1-17(2)10-4-9-15-14(20)16-12-7-5-11(6-8-12)13(18)19-3/h5-8H,4,9-10H2,1-3H3,(H2,15,16,20). The number of carbonyl (C=O) groups is 1. The summed E-state index contributed by atoms with van der Waals surface area (Å²) in [5.74, 6) is -0.346. The summed E-state index contributed by atoms with van der Waals surface area (Å²) >= 11 is 5.19. The highest BCUT2D eigenvalue weighted by Gasteiger charge is 2.04. The maximum Gasteiger partial charge on any atom is 0.337 e. The third kappa shape index (κ3) is 5.99. The lowest BCUT2D eigenvalue weighted by molar-refractivity contribution is 0.0601. The number of hydrogen-bond acceptors (Lipinski definition) is 4. The first kappa shape index (κ1) is 16.4. The Morgan fingerprint density at radius 3 is 2.50 bits per heavy atom. The number of nitrogens with one attached hydrogen (secondary N) is 2. The van der Waals surface area contributed by atoms with E-state index in [4.69, 9.17) is 12.2 Å². The van der Waals surface area contributed by atoms with Crippen LogP contribution >= 0.6 is 12.2 Å². The van der Waals surface area contributed by atoms with Gasteiger partial charge in [-0.15, -0.1) is 0 Å². The summed E-state index contributed by atoms with van der Waals surface area (Å²) in [6, 6.07) is 6.98. The molecule has 0 amide bonds. The van der Waals surface area contributed by atoms with Crippen LogP contribution in [0, 0.1) is 0 Å². The molecule has 0 aromatic heterocycles. The van der Waals surface area contributed by atoms with Gasteiger partial charge in [-0.25, -0.2) is 4.79 Å². The minimum atomic E-state index is -0.346. The molecule has 0 radical (unpaired) electrons. The van der Waals surface area contributed by atoms with Gasteiger partial charge in [0.05, 0.1) is 12.7 Å². The van der Waals surface area contributed by atoms with Crippen LogP contribution in [-0.2, 0) is 4.74 Å². The number of ether oxygens (including phenoxy) is 1. The number of benzene rings is 1. The maximum absolute atomic E-state index is 11.3. The van der Waals surface area contributed by atoms with Gasteiger partial charge in [0.25, 0.3) is 0 Å². The molecule has 0 fully saturated rings. The Labute approximate surface area is 125 Å². The van der Waals surface area contributed by atoms with Gasteiger partial charge in [0.2, 0.25) is 0 Å². The zero-order valence-corrected chi connectivity index (χ0v) is 12.9. The summed E-state index contributed by atoms with van der Waals surface area (Å²) in [5, 5.41) is 6.78. The summed E-state index contributed by atoms with van der Waals surface area (Å²) < 4.78 is 4.64. The molecule has 0 unspecified atom stereocenters. The van der Waals surface area contributed by atoms with E-state index in [1.807, 2.05) is 14.1 Å². The van der Waals surface area contributed by atoms with Gasteiger partial charge < -0.3 is 20.3 Å². The number of carbonyl (C=O) groups excluding carboxylic acids is 1. The highest BCUT2D eigenvalue weighted by atomic mass is 32.1. The van der Waals surface area contributed by atoms with Crippen LogP contribution in [-0.4, -0.2) is 50.3 Å². The van der Waals surface area contributed by atoms with Crippen LogP contribution in [0.3, 0.4) is 0 Å². The van der Waals surface area contributed by atoms with Crippen LogP contribution in [0.25, 0.3) is 0 Å². The number of nitrogens with zero attached hydrogens (tertiary/aromatic N) is 1. The average molecular weight is 295 g/mol. The van der Waals surface area contributed by atoms with Gasteiger partial charge in [0.15, 0.2) is 5.11 Å². The predicted molar refractivity (Wildman–Crippen MR) is 85.2 cm³/mol. The second-order valence-electron chi connectivity index (χ2n) is 4.61. The highest BCUT2D eigenvalue weighted by molar-refractivity contribution is 7.80. The Morgan fingerprint density at radius 1 is 1.30 bits per heavy atom. The van der Waals surface area contributed by atoms with E-state index >= 15 is 0 Å². The minimum Gasteiger partial charge on any atom is -0.465 e. The zero-order chi connectivity index (χ0) is 15.0. The summed E-state index contributed by atoms with van der Waals surface area (Å²) in [4.78, 5) is 13.4. The number of rotatable bonds is 6. The molecule has 0 aliphatic carbocycles. The molecule has 0 atom stereocenters. The van der Waals surface area contributed by atoms with Crippen LogP contribution in [0.4, 0.5) is 5.69 Å². The van der Waals surface area contributed by atoms with Gasteiger partial charge in [-0.1, -0.05) is 0 Å². The van der Waals surface area contributed by atoms with E-state index in [-0.39, 0.29) is 5.97 Å². The lowest BCUT2D eigenvalue weighted by atomic mass is 10.2. The Hall–Kier alpha value is -1.66. The van der Waals surface area contributed by atoms with E-state index < -0.39 is 0 Å². The second-order valence-corrected chi connectivity index (χ2v) is 5.01. The SMILES string of the molecule is COC(=O)c1ccc(NC(=S)NCCCN(C)C)cc1. The molecule has 0 heterocycles. The summed E-state index contributed by atoms with van der Waals surface area (Å²) in [6.07, 6.45) is 1.02. The number of anilines is 1. The fourth-order valence-electron chi connectivity index (χ4n) is 1.58. The molecule has 0 aliphatic heterocycles. The van der Waals surface area contributed by atoms with E-state index in [0.29, 0.717) is 10.7 Å². The molecular weight excluding hydrogens is 274 g/mol. The van der Waals surface area contributed by atoms with Crippen LogP contribution in [0.5, 0.6) is 0 Å². The molecule has 0 saturated carbocycles. The number of hydrogen-bond donors (Lipinski definition) is 2. The number of methoxy groups -OCH3 is 1. The summed E-state index contributed by atoms with van der Waals surface area (Å²) in [6.45, 7) is 1.84. The Balaban J connectivity index is 2.36. The predicted octanol–water partition coefficient (Wildman–Crippen LogP) is 1.71. The first-order chi connectivity index (χ1) is 9.52.